The van der Waals surface area contributed by atoms with Gasteiger partial charge in [0.05, 0.1) is 29.9 Å². The van der Waals surface area contributed by atoms with Crippen molar-refractivity contribution in [2.75, 3.05) is 36.9 Å². The third-order valence-electron chi connectivity index (χ3n) is 2.88. The molecule has 2 N–H and O–H groups in total. The van der Waals surface area contributed by atoms with Crippen molar-refractivity contribution in [1.29, 1.82) is 0 Å². The first-order valence-corrected chi connectivity index (χ1v) is 5.94. The fourth-order valence-electron chi connectivity index (χ4n) is 1.99. The van der Waals surface area contributed by atoms with Crippen molar-refractivity contribution in [2.45, 2.75) is 6.36 Å². The van der Waals surface area contributed by atoms with E-state index in [-0.39, 0.29) is 11.4 Å². The number of nitrogens with zero attached hydrogens (tertiary/aromatic N) is 2. The molecule has 2 rings (SSSR count). The second kappa shape index (κ2) is 5.64. The number of morpholine rings is 1. The summed E-state index contributed by atoms with van der Waals surface area (Å²) in [6.45, 7) is 1.52. The van der Waals surface area contributed by atoms with E-state index in [0.717, 1.165) is 6.07 Å². The van der Waals surface area contributed by atoms with Crippen LogP contribution in [0.25, 0.3) is 0 Å². The van der Waals surface area contributed by atoms with Gasteiger partial charge in [0.15, 0.2) is 5.75 Å². The van der Waals surface area contributed by atoms with Crippen molar-refractivity contribution in [3.05, 3.63) is 22.2 Å². The summed E-state index contributed by atoms with van der Waals surface area (Å²) >= 11 is 0. The van der Waals surface area contributed by atoms with Gasteiger partial charge in [0.2, 0.25) is 0 Å². The number of nitrogen functional groups attached to an aromatic ring is 1. The second-order valence-corrected chi connectivity index (χ2v) is 4.28. The Morgan fingerprint density at radius 3 is 2.48 bits per heavy atom. The lowest BCUT2D eigenvalue weighted by molar-refractivity contribution is -0.384. The van der Waals surface area contributed by atoms with E-state index in [1.807, 2.05) is 0 Å². The van der Waals surface area contributed by atoms with Gasteiger partial charge in [0.1, 0.15) is 5.69 Å². The van der Waals surface area contributed by atoms with Crippen molar-refractivity contribution >= 4 is 17.1 Å². The third kappa shape index (κ3) is 3.66. The summed E-state index contributed by atoms with van der Waals surface area (Å²) in [5.41, 5.74) is 4.83. The normalized spacial score (nSPS) is 15.9. The lowest BCUT2D eigenvalue weighted by Crippen LogP contribution is -2.36. The maximum atomic E-state index is 12.2. The number of ether oxygens (including phenoxy) is 2. The molecule has 7 nitrogen and oxygen atoms in total. The number of benzene rings is 1. The zero-order chi connectivity index (χ0) is 15.6. The zero-order valence-corrected chi connectivity index (χ0v) is 10.7. The molecule has 0 aromatic heterocycles. The molecular weight excluding hydrogens is 295 g/mol. The first kappa shape index (κ1) is 15.2. The van der Waals surface area contributed by atoms with E-state index in [2.05, 4.69) is 4.74 Å². The van der Waals surface area contributed by atoms with Gasteiger partial charge in [-0.3, -0.25) is 10.1 Å². The van der Waals surface area contributed by atoms with Crippen LogP contribution in [-0.4, -0.2) is 37.6 Å². The Balaban J connectivity index is 2.41. The van der Waals surface area contributed by atoms with E-state index in [1.54, 1.807) is 4.90 Å². The van der Waals surface area contributed by atoms with Gasteiger partial charge in [-0.2, -0.15) is 0 Å². The van der Waals surface area contributed by atoms with Gasteiger partial charge < -0.3 is 20.1 Å². The van der Waals surface area contributed by atoms with Crippen LogP contribution in [0.5, 0.6) is 5.75 Å². The topological polar surface area (TPSA) is 90.9 Å². The Morgan fingerprint density at radius 2 is 1.95 bits per heavy atom. The smallest absolute Gasteiger partial charge is 0.403 e. The SMILES string of the molecule is Nc1cc(N2CCOCC2)c([N+](=O)[O-])cc1OC(F)(F)F. The minimum absolute atomic E-state index is 0.148. The molecule has 1 aliphatic heterocycles. The quantitative estimate of drug-likeness (QED) is 0.521. The Labute approximate surface area is 117 Å². The highest BCUT2D eigenvalue weighted by atomic mass is 19.4. The fourth-order valence-corrected chi connectivity index (χ4v) is 1.99. The molecule has 0 spiro atoms. The van der Waals surface area contributed by atoms with Crippen molar-refractivity contribution in [1.82, 2.24) is 0 Å². The number of nitrogens with two attached hydrogens (primary N) is 1. The molecule has 0 amide bonds. The number of hydrogen-bond donors (Lipinski definition) is 1. The van der Waals surface area contributed by atoms with E-state index in [0.29, 0.717) is 32.4 Å². The van der Waals surface area contributed by atoms with Gasteiger partial charge in [-0.15, -0.1) is 13.2 Å². The van der Waals surface area contributed by atoms with Crippen LogP contribution in [0, 0.1) is 10.1 Å². The molecule has 1 aliphatic rings. The largest absolute Gasteiger partial charge is 0.573 e. The first-order valence-electron chi connectivity index (χ1n) is 5.94. The average molecular weight is 307 g/mol. The number of halogens is 3. The molecular formula is C11H12F3N3O4. The molecule has 0 unspecified atom stereocenters. The van der Waals surface area contributed by atoms with Crippen molar-refractivity contribution < 1.29 is 27.6 Å². The highest BCUT2D eigenvalue weighted by Crippen LogP contribution is 2.39. The maximum Gasteiger partial charge on any atom is 0.573 e. The summed E-state index contributed by atoms with van der Waals surface area (Å²) in [7, 11) is 0. The maximum absolute atomic E-state index is 12.2. The number of rotatable bonds is 3. The van der Waals surface area contributed by atoms with Crippen LogP contribution in [0.1, 0.15) is 0 Å². The van der Waals surface area contributed by atoms with E-state index >= 15 is 0 Å². The predicted octanol–water partition coefficient (Wildman–Crippen LogP) is 1.91. The third-order valence-corrected chi connectivity index (χ3v) is 2.88. The highest BCUT2D eigenvalue weighted by Gasteiger charge is 2.34. The zero-order valence-electron chi connectivity index (χ0n) is 10.7. The van der Waals surface area contributed by atoms with Crippen LogP contribution in [0.3, 0.4) is 0 Å². The van der Waals surface area contributed by atoms with E-state index in [9.17, 15) is 23.3 Å². The van der Waals surface area contributed by atoms with Gasteiger partial charge in [0.25, 0.3) is 5.69 Å². The Kier molecular flexibility index (Phi) is 4.07. The van der Waals surface area contributed by atoms with Crippen molar-refractivity contribution in [2.24, 2.45) is 0 Å². The summed E-state index contributed by atoms with van der Waals surface area (Å²) in [5.74, 6) is -0.786. The molecule has 10 heteroatoms. The average Bonchev–Trinajstić information content (AvgIpc) is 2.40. The Bertz CT molecular complexity index is 544. The monoisotopic (exact) mass is 307 g/mol. The molecule has 1 fully saturated rings. The van der Waals surface area contributed by atoms with Gasteiger partial charge in [0, 0.05) is 13.1 Å². The molecule has 0 aliphatic carbocycles. The number of nitro groups is 1. The molecule has 1 aromatic carbocycles. The molecule has 1 aromatic rings. The molecule has 21 heavy (non-hydrogen) atoms. The number of nitro benzene ring substituents is 1. The molecule has 1 saturated heterocycles. The highest BCUT2D eigenvalue weighted by molar-refractivity contribution is 5.74. The van der Waals surface area contributed by atoms with Crippen LogP contribution in [0.2, 0.25) is 0 Å². The van der Waals surface area contributed by atoms with Crippen LogP contribution in [0.15, 0.2) is 12.1 Å². The summed E-state index contributed by atoms with van der Waals surface area (Å²) in [6.07, 6.45) is -4.97. The molecule has 116 valence electrons. The van der Waals surface area contributed by atoms with E-state index < -0.39 is 22.7 Å². The van der Waals surface area contributed by atoms with Crippen LogP contribution < -0.4 is 15.4 Å². The van der Waals surface area contributed by atoms with E-state index in [1.165, 1.54) is 0 Å². The molecule has 0 radical (unpaired) electrons. The molecule has 0 saturated carbocycles. The Morgan fingerprint density at radius 1 is 1.33 bits per heavy atom. The van der Waals surface area contributed by atoms with Crippen molar-refractivity contribution in [3.8, 4) is 5.75 Å². The van der Waals surface area contributed by atoms with Crippen LogP contribution >= 0.6 is 0 Å². The summed E-state index contributed by atoms with van der Waals surface area (Å²) in [5, 5.41) is 11.1. The van der Waals surface area contributed by atoms with Gasteiger partial charge in [-0.25, -0.2) is 0 Å². The number of anilines is 2. The number of hydrogen-bond acceptors (Lipinski definition) is 6. The molecule has 0 atom stereocenters. The second-order valence-electron chi connectivity index (χ2n) is 4.28. The summed E-state index contributed by atoms with van der Waals surface area (Å²) in [4.78, 5) is 11.9. The first-order chi connectivity index (χ1) is 9.78. The van der Waals surface area contributed by atoms with Gasteiger partial charge >= 0.3 is 6.36 Å². The molecule has 0 bridgehead atoms. The fraction of sp³-hybridized carbons (Fsp3) is 0.455. The minimum Gasteiger partial charge on any atom is -0.403 e. The lowest BCUT2D eigenvalue weighted by Gasteiger charge is -2.28. The summed E-state index contributed by atoms with van der Waals surface area (Å²) < 4.78 is 45.5. The van der Waals surface area contributed by atoms with Crippen molar-refractivity contribution in [3.63, 3.8) is 0 Å². The van der Waals surface area contributed by atoms with Gasteiger partial charge in [-0.05, 0) is 6.07 Å². The Hall–Kier alpha value is -2.23. The lowest BCUT2D eigenvalue weighted by atomic mass is 10.2. The summed E-state index contributed by atoms with van der Waals surface area (Å²) in [6, 6.07) is 1.80. The standard InChI is InChI=1S/C11H12F3N3O4/c12-11(13,14)21-10-6-9(17(18)19)8(5-7(10)15)16-1-3-20-4-2-16/h5-6H,1-4,15H2. The van der Waals surface area contributed by atoms with Crippen LogP contribution in [-0.2, 0) is 4.74 Å². The minimum atomic E-state index is -4.97. The number of alkyl halides is 3. The van der Waals surface area contributed by atoms with Crippen LogP contribution in [0.4, 0.5) is 30.2 Å². The van der Waals surface area contributed by atoms with E-state index in [4.69, 9.17) is 10.5 Å². The molecule has 1 heterocycles. The van der Waals surface area contributed by atoms with Gasteiger partial charge in [-0.1, -0.05) is 0 Å². The predicted molar refractivity (Wildman–Crippen MR) is 67.2 cm³/mol.